The van der Waals surface area contributed by atoms with Crippen LogP contribution >= 0.6 is 11.6 Å². The minimum absolute atomic E-state index is 0.0448. The summed E-state index contributed by atoms with van der Waals surface area (Å²) in [5.74, 6) is 0.374. The number of hydrogen-bond acceptors (Lipinski definition) is 2. The summed E-state index contributed by atoms with van der Waals surface area (Å²) in [6.45, 7) is 4.22. The molecule has 4 nitrogen and oxygen atoms in total. The van der Waals surface area contributed by atoms with E-state index in [0.717, 1.165) is 19.3 Å². The number of nitrogens with zero attached hydrogens (tertiary/aromatic N) is 1. The maximum absolute atomic E-state index is 11.9. The highest BCUT2D eigenvalue weighted by Gasteiger charge is 2.31. The molecule has 0 aromatic carbocycles. The van der Waals surface area contributed by atoms with Crippen LogP contribution in [0.5, 0.6) is 0 Å². The Bertz CT molecular complexity index is 292. The molecular weight excluding hydrogens is 236 g/mol. The van der Waals surface area contributed by atoms with Crippen LogP contribution in [0.15, 0.2) is 0 Å². The van der Waals surface area contributed by atoms with Crippen LogP contribution in [-0.4, -0.2) is 37.2 Å². The van der Waals surface area contributed by atoms with E-state index in [1.54, 1.807) is 0 Å². The number of rotatable bonds is 4. The third-order valence-corrected chi connectivity index (χ3v) is 4.67. The second-order valence-corrected chi connectivity index (χ2v) is 6.16. The average Bonchev–Trinajstić information content (AvgIpc) is 2.16. The van der Waals surface area contributed by atoms with Gasteiger partial charge in [0.1, 0.15) is 0 Å². The van der Waals surface area contributed by atoms with Gasteiger partial charge in [-0.25, -0.2) is 0 Å². The van der Waals surface area contributed by atoms with Gasteiger partial charge in [-0.15, -0.1) is 11.6 Å². The summed E-state index contributed by atoms with van der Waals surface area (Å²) in [4.78, 5) is 0. The Kier molecular flexibility index (Phi) is 4.83. The highest BCUT2D eigenvalue weighted by Crippen LogP contribution is 2.20. The van der Waals surface area contributed by atoms with Crippen LogP contribution in [0, 0.1) is 0 Å². The molecule has 90 valence electrons. The lowest BCUT2D eigenvalue weighted by atomic mass is 10.1. The Balaban J connectivity index is 2.74. The van der Waals surface area contributed by atoms with E-state index in [4.69, 9.17) is 11.6 Å². The van der Waals surface area contributed by atoms with E-state index >= 15 is 0 Å². The van der Waals surface area contributed by atoms with Gasteiger partial charge in [-0.2, -0.15) is 17.4 Å². The van der Waals surface area contributed by atoms with Crippen molar-refractivity contribution in [2.75, 3.05) is 12.4 Å². The van der Waals surface area contributed by atoms with E-state index in [9.17, 15) is 8.42 Å². The van der Waals surface area contributed by atoms with Gasteiger partial charge in [0.05, 0.1) is 0 Å². The Hall–Kier alpha value is 0.160. The lowest BCUT2D eigenvalue weighted by Crippen LogP contribution is -2.51. The van der Waals surface area contributed by atoms with Gasteiger partial charge in [-0.05, 0) is 26.7 Å². The zero-order valence-corrected chi connectivity index (χ0v) is 10.8. The molecule has 6 heteroatoms. The molecule has 1 unspecified atom stereocenters. The van der Waals surface area contributed by atoms with Gasteiger partial charge < -0.3 is 0 Å². The van der Waals surface area contributed by atoms with Crippen LogP contribution in [0.4, 0.5) is 0 Å². The second kappa shape index (κ2) is 5.48. The van der Waals surface area contributed by atoms with Crippen molar-refractivity contribution in [1.29, 1.82) is 0 Å². The summed E-state index contributed by atoms with van der Waals surface area (Å²) < 4.78 is 27.9. The lowest BCUT2D eigenvalue weighted by molar-refractivity contribution is 0.267. The number of nitrogens with one attached hydrogen (secondary N) is 1. The first kappa shape index (κ1) is 13.2. The zero-order chi connectivity index (χ0) is 11.5. The van der Waals surface area contributed by atoms with E-state index < -0.39 is 10.2 Å². The van der Waals surface area contributed by atoms with Crippen LogP contribution in [0.2, 0.25) is 0 Å². The molecule has 1 aliphatic rings. The predicted molar refractivity (Wildman–Crippen MR) is 62.3 cm³/mol. The first-order chi connectivity index (χ1) is 6.97. The topological polar surface area (TPSA) is 49.4 Å². The first-order valence-electron chi connectivity index (χ1n) is 5.32. The molecule has 1 rings (SSSR count). The normalized spacial score (nSPS) is 24.7. The number of hydrogen-bond donors (Lipinski definition) is 1. The van der Waals surface area contributed by atoms with Gasteiger partial charge in [0.15, 0.2) is 0 Å². The molecule has 0 bridgehead atoms. The molecule has 1 N–H and O–H groups in total. The summed E-state index contributed by atoms with van der Waals surface area (Å²) in [6.07, 6.45) is 2.85. The second-order valence-electron chi connectivity index (χ2n) is 4.19. The lowest BCUT2D eigenvalue weighted by Gasteiger charge is -2.33. The summed E-state index contributed by atoms with van der Waals surface area (Å²) in [7, 11) is -3.34. The minimum Gasteiger partial charge on any atom is -0.200 e. The molecule has 15 heavy (non-hydrogen) atoms. The van der Waals surface area contributed by atoms with E-state index in [1.165, 1.54) is 4.31 Å². The average molecular weight is 255 g/mol. The van der Waals surface area contributed by atoms with Crippen molar-refractivity contribution in [3.8, 4) is 0 Å². The number of piperidine rings is 1. The fraction of sp³-hybridized carbons (Fsp3) is 1.00. The van der Waals surface area contributed by atoms with Gasteiger partial charge in [0.2, 0.25) is 0 Å². The molecule has 0 aliphatic carbocycles. The third kappa shape index (κ3) is 3.59. The summed E-state index contributed by atoms with van der Waals surface area (Å²) >= 11 is 5.78. The minimum atomic E-state index is -3.34. The predicted octanol–water partition coefficient (Wildman–Crippen LogP) is 1.32. The summed E-state index contributed by atoms with van der Waals surface area (Å²) in [5, 5.41) is 0. The quantitative estimate of drug-likeness (QED) is 0.770. The standard InChI is InChI=1S/C9H19ClN2O2S/c1-8(2)11-15(13,14)12-6-4-3-5-9(12)7-10/h8-9,11H,3-7H2,1-2H3. The van der Waals surface area contributed by atoms with Gasteiger partial charge in [-0.1, -0.05) is 6.42 Å². The summed E-state index contributed by atoms with van der Waals surface area (Å²) in [5.41, 5.74) is 0. The molecule has 0 radical (unpaired) electrons. The monoisotopic (exact) mass is 254 g/mol. The van der Waals surface area contributed by atoms with Crippen molar-refractivity contribution < 1.29 is 8.42 Å². The smallest absolute Gasteiger partial charge is 0.200 e. The molecule has 1 heterocycles. The third-order valence-electron chi connectivity index (χ3n) is 2.44. The van der Waals surface area contributed by atoms with Crippen LogP contribution < -0.4 is 4.72 Å². The van der Waals surface area contributed by atoms with Crippen LogP contribution in [0.25, 0.3) is 0 Å². The van der Waals surface area contributed by atoms with Gasteiger partial charge in [0.25, 0.3) is 10.2 Å². The Morgan fingerprint density at radius 2 is 2.13 bits per heavy atom. The van der Waals surface area contributed by atoms with Crippen molar-refractivity contribution in [3.05, 3.63) is 0 Å². The Morgan fingerprint density at radius 1 is 1.47 bits per heavy atom. The SMILES string of the molecule is CC(C)NS(=O)(=O)N1CCCCC1CCl. The molecule has 0 amide bonds. The highest BCUT2D eigenvalue weighted by molar-refractivity contribution is 7.87. The Morgan fingerprint density at radius 3 is 2.67 bits per heavy atom. The van der Waals surface area contributed by atoms with Gasteiger partial charge in [0, 0.05) is 24.5 Å². The zero-order valence-electron chi connectivity index (χ0n) is 9.24. The van der Waals surface area contributed by atoms with Crippen molar-refractivity contribution in [2.24, 2.45) is 0 Å². The van der Waals surface area contributed by atoms with Crippen molar-refractivity contribution in [2.45, 2.75) is 45.2 Å². The number of alkyl halides is 1. The van der Waals surface area contributed by atoms with Crippen LogP contribution in [0.3, 0.4) is 0 Å². The fourth-order valence-electron chi connectivity index (χ4n) is 1.81. The van der Waals surface area contributed by atoms with E-state index in [-0.39, 0.29) is 12.1 Å². The van der Waals surface area contributed by atoms with Crippen molar-refractivity contribution in [1.82, 2.24) is 9.03 Å². The summed E-state index contributed by atoms with van der Waals surface area (Å²) in [6, 6.07) is -0.121. The largest absolute Gasteiger partial charge is 0.279 e. The van der Waals surface area contributed by atoms with Gasteiger partial charge in [-0.3, -0.25) is 0 Å². The maximum Gasteiger partial charge on any atom is 0.279 e. The highest BCUT2D eigenvalue weighted by atomic mass is 35.5. The molecule has 1 aliphatic heterocycles. The first-order valence-corrected chi connectivity index (χ1v) is 7.30. The molecule has 0 aromatic heterocycles. The van der Waals surface area contributed by atoms with E-state index in [0.29, 0.717) is 12.4 Å². The van der Waals surface area contributed by atoms with E-state index in [1.807, 2.05) is 13.8 Å². The van der Waals surface area contributed by atoms with Crippen LogP contribution in [0.1, 0.15) is 33.1 Å². The molecule has 1 saturated heterocycles. The van der Waals surface area contributed by atoms with Gasteiger partial charge >= 0.3 is 0 Å². The van der Waals surface area contributed by atoms with E-state index in [2.05, 4.69) is 4.72 Å². The van der Waals surface area contributed by atoms with Crippen molar-refractivity contribution >= 4 is 21.8 Å². The molecule has 1 fully saturated rings. The maximum atomic E-state index is 11.9. The van der Waals surface area contributed by atoms with Crippen molar-refractivity contribution in [3.63, 3.8) is 0 Å². The Labute approximate surface area is 97.2 Å². The molecule has 0 spiro atoms. The molecular formula is C9H19ClN2O2S. The van der Waals surface area contributed by atoms with Crippen LogP contribution in [-0.2, 0) is 10.2 Å². The number of halogens is 1. The molecule has 0 aromatic rings. The molecule has 0 saturated carbocycles. The fourth-order valence-corrected chi connectivity index (χ4v) is 3.89. The molecule has 1 atom stereocenters.